The number of piperidine rings is 1. The van der Waals surface area contributed by atoms with Gasteiger partial charge < -0.3 is 16.0 Å². The Bertz CT molecular complexity index is 1630. The molecule has 1 fully saturated rings. The molecule has 1 aromatic heterocycles. The maximum absolute atomic E-state index is 14.9. The van der Waals surface area contributed by atoms with Crippen LogP contribution in [-0.2, 0) is 11.0 Å². The second-order valence-corrected chi connectivity index (χ2v) is 10.9. The number of fused-ring (bicyclic) bond motifs is 3. The van der Waals surface area contributed by atoms with E-state index in [9.17, 15) is 13.6 Å². The van der Waals surface area contributed by atoms with E-state index in [0.29, 0.717) is 35.9 Å². The topological polar surface area (TPSA) is 96.5 Å². The first-order valence-corrected chi connectivity index (χ1v) is 14.9. The number of aromatic nitrogens is 2. The predicted octanol–water partition coefficient (Wildman–Crippen LogP) is 6.01. The summed E-state index contributed by atoms with van der Waals surface area (Å²) < 4.78 is 30.5. The molecule has 1 amide bonds. The van der Waals surface area contributed by atoms with Crippen LogP contribution in [0.25, 0.3) is 11.3 Å². The molecule has 3 N–H and O–H groups in total. The first kappa shape index (κ1) is 27.4. The summed E-state index contributed by atoms with van der Waals surface area (Å²) in [6, 6.07) is 17.0. The summed E-state index contributed by atoms with van der Waals surface area (Å²) in [7, 11) is 0. The highest BCUT2D eigenvalue weighted by Crippen LogP contribution is 2.34. The summed E-state index contributed by atoms with van der Waals surface area (Å²) in [5, 5.41) is 3.22. The second kappa shape index (κ2) is 11.6. The van der Waals surface area contributed by atoms with Gasteiger partial charge in [0.1, 0.15) is 11.6 Å². The van der Waals surface area contributed by atoms with Crippen LogP contribution in [0.5, 0.6) is 0 Å². The lowest BCUT2D eigenvalue weighted by Gasteiger charge is -2.30. The number of carbonyl (C=O) groups excluding carboxylic acids is 1. The van der Waals surface area contributed by atoms with Crippen LogP contribution in [0.1, 0.15) is 45.5 Å². The normalized spacial score (nSPS) is 15.0. The van der Waals surface area contributed by atoms with Crippen molar-refractivity contribution in [3.8, 4) is 11.3 Å². The number of halogens is 3. The summed E-state index contributed by atoms with van der Waals surface area (Å²) in [5.41, 5.74) is 11.1. The minimum atomic E-state index is -0.667. The number of nitrogens with two attached hydrogens (primary N) is 1. The molecule has 3 heterocycles. The van der Waals surface area contributed by atoms with Crippen LogP contribution < -0.4 is 11.1 Å². The zero-order valence-electron chi connectivity index (χ0n) is 22.1. The lowest BCUT2D eigenvalue weighted by atomic mass is 9.93. The van der Waals surface area contributed by atoms with Crippen molar-refractivity contribution in [2.24, 2.45) is 10.7 Å². The van der Waals surface area contributed by atoms with Gasteiger partial charge in [0.2, 0.25) is 5.95 Å². The Balaban J connectivity index is 1.30. The first-order chi connectivity index (χ1) is 19.9. The second-order valence-electron chi connectivity index (χ2n) is 10.2. The SMILES string of the molecule is NC1CCN(C(=O)c2ccc(Nc3ncc4c(n3)-c3ccc(CI)cc3C(c3c(F)cccc3F)=NC4)cc2)CC1. The number of likely N-dealkylation sites (tertiary alicyclic amines) is 1. The van der Waals surface area contributed by atoms with E-state index >= 15 is 0 Å². The highest BCUT2D eigenvalue weighted by molar-refractivity contribution is 14.1. The minimum absolute atomic E-state index is 0.00527. The predicted molar refractivity (Wildman–Crippen MR) is 164 cm³/mol. The molecule has 6 rings (SSSR count). The molecule has 0 aliphatic carbocycles. The minimum Gasteiger partial charge on any atom is -0.339 e. The number of aliphatic imine (C=N–C) groups is 1. The Morgan fingerprint density at radius 2 is 1.76 bits per heavy atom. The van der Waals surface area contributed by atoms with E-state index in [1.165, 1.54) is 18.2 Å². The van der Waals surface area contributed by atoms with Gasteiger partial charge >= 0.3 is 0 Å². The maximum Gasteiger partial charge on any atom is 0.253 e. The fourth-order valence-electron chi connectivity index (χ4n) is 5.19. The molecule has 4 aromatic rings. The molecule has 3 aromatic carbocycles. The molecule has 0 radical (unpaired) electrons. The average molecular weight is 664 g/mol. The summed E-state index contributed by atoms with van der Waals surface area (Å²) in [6.07, 6.45) is 3.31. The average Bonchev–Trinajstić information content (AvgIpc) is 3.14. The zero-order valence-corrected chi connectivity index (χ0v) is 24.2. The van der Waals surface area contributed by atoms with E-state index in [-0.39, 0.29) is 29.8 Å². The molecule has 0 unspecified atom stereocenters. The maximum atomic E-state index is 14.9. The molecule has 208 valence electrons. The Morgan fingerprint density at radius 1 is 1.02 bits per heavy atom. The fraction of sp³-hybridized carbons (Fsp3) is 0.226. The van der Waals surface area contributed by atoms with Gasteiger partial charge in [-0.15, -0.1) is 0 Å². The van der Waals surface area contributed by atoms with Crippen LogP contribution in [0.15, 0.2) is 71.9 Å². The van der Waals surface area contributed by atoms with Crippen LogP contribution in [-0.4, -0.2) is 45.6 Å². The van der Waals surface area contributed by atoms with Crippen LogP contribution in [0, 0.1) is 11.6 Å². The molecule has 0 bridgehead atoms. The van der Waals surface area contributed by atoms with Crippen molar-refractivity contribution in [2.75, 3.05) is 18.4 Å². The first-order valence-electron chi connectivity index (χ1n) is 13.4. The number of nitrogens with zero attached hydrogens (tertiary/aromatic N) is 4. The van der Waals surface area contributed by atoms with E-state index in [2.05, 4.69) is 37.9 Å². The van der Waals surface area contributed by atoms with Gasteiger partial charge in [-0.1, -0.05) is 40.8 Å². The van der Waals surface area contributed by atoms with Crippen molar-refractivity contribution >= 4 is 45.8 Å². The van der Waals surface area contributed by atoms with E-state index in [1.807, 2.05) is 35.2 Å². The number of hydrogen-bond acceptors (Lipinski definition) is 6. The molecule has 0 atom stereocenters. The number of amides is 1. The molecule has 10 heteroatoms. The highest BCUT2D eigenvalue weighted by Gasteiger charge is 2.26. The molecule has 41 heavy (non-hydrogen) atoms. The number of alkyl halides is 1. The molecule has 1 saturated heterocycles. The largest absolute Gasteiger partial charge is 0.339 e. The number of anilines is 2. The van der Waals surface area contributed by atoms with Crippen molar-refractivity contribution in [2.45, 2.75) is 29.9 Å². The van der Waals surface area contributed by atoms with Gasteiger partial charge in [-0.2, -0.15) is 0 Å². The van der Waals surface area contributed by atoms with Gasteiger partial charge in [0, 0.05) is 57.7 Å². The van der Waals surface area contributed by atoms with Crippen molar-refractivity contribution in [1.29, 1.82) is 0 Å². The van der Waals surface area contributed by atoms with Gasteiger partial charge in [-0.25, -0.2) is 18.7 Å². The monoisotopic (exact) mass is 664 g/mol. The molecule has 0 spiro atoms. The van der Waals surface area contributed by atoms with Gasteiger partial charge in [-0.3, -0.25) is 9.79 Å². The smallest absolute Gasteiger partial charge is 0.253 e. The number of benzene rings is 3. The summed E-state index contributed by atoms with van der Waals surface area (Å²) in [4.78, 5) is 28.7. The van der Waals surface area contributed by atoms with E-state index < -0.39 is 11.6 Å². The Hall–Kier alpha value is -3.77. The highest BCUT2D eigenvalue weighted by atomic mass is 127. The summed E-state index contributed by atoms with van der Waals surface area (Å²) in [6.45, 7) is 1.50. The van der Waals surface area contributed by atoms with Crippen LogP contribution in [0.3, 0.4) is 0 Å². The lowest BCUT2D eigenvalue weighted by molar-refractivity contribution is 0.0715. The quantitative estimate of drug-likeness (QED) is 0.201. The van der Waals surface area contributed by atoms with Crippen molar-refractivity contribution < 1.29 is 13.6 Å². The van der Waals surface area contributed by atoms with Crippen molar-refractivity contribution in [3.63, 3.8) is 0 Å². The summed E-state index contributed by atoms with van der Waals surface area (Å²) >= 11 is 2.26. The van der Waals surface area contributed by atoms with Crippen LogP contribution in [0.4, 0.5) is 20.4 Å². The molecule has 0 saturated carbocycles. The van der Waals surface area contributed by atoms with Crippen LogP contribution in [0.2, 0.25) is 0 Å². The Morgan fingerprint density at radius 3 is 2.46 bits per heavy atom. The molecular formula is C31H27F2IN6O. The lowest BCUT2D eigenvalue weighted by Crippen LogP contribution is -2.42. The third kappa shape index (κ3) is 5.58. The Labute approximate surface area is 250 Å². The number of rotatable bonds is 5. The molecule has 2 aliphatic rings. The molecular weight excluding hydrogens is 637 g/mol. The third-order valence-corrected chi connectivity index (χ3v) is 8.32. The number of nitrogens with one attached hydrogen (secondary N) is 1. The standard InChI is InChI=1S/C31H27F2IN6O/c32-25-2-1-3-26(33)27(25)29-24-14-18(15-34)4-9-23(24)28-20(16-36-29)17-37-31(39-28)38-22-7-5-19(6-8-22)30(41)40-12-10-21(35)11-13-40/h1-9,14,17,21H,10-13,15-16,35H2,(H,37,38,39). The van der Waals surface area contributed by atoms with Gasteiger partial charge in [0.15, 0.2) is 0 Å². The number of hydrogen-bond donors (Lipinski definition) is 2. The van der Waals surface area contributed by atoms with Gasteiger partial charge in [-0.05, 0) is 60.9 Å². The molecule has 7 nitrogen and oxygen atoms in total. The summed E-state index contributed by atoms with van der Waals surface area (Å²) in [5.74, 6) is -0.980. The van der Waals surface area contributed by atoms with E-state index in [0.717, 1.165) is 39.6 Å². The fourth-order valence-corrected chi connectivity index (χ4v) is 5.66. The van der Waals surface area contributed by atoms with Crippen molar-refractivity contribution in [3.05, 3.63) is 106 Å². The van der Waals surface area contributed by atoms with E-state index in [4.69, 9.17) is 10.7 Å². The third-order valence-electron chi connectivity index (χ3n) is 7.43. The van der Waals surface area contributed by atoms with Crippen LogP contribution >= 0.6 is 22.6 Å². The molecule has 2 aliphatic heterocycles. The number of carbonyl (C=O) groups is 1. The van der Waals surface area contributed by atoms with Gasteiger partial charge in [0.05, 0.1) is 23.5 Å². The Kier molecular flexibility index (Phi) is 7.76. The van der Waals surface area contributed by atoms with Gasteiger partial charge in [0.25, 0.3) is 5.91 Å². The van der Waals surface area contributed by atoms with E-state index in [1.54, 1.807) is 18.3 Å². The zero-order chi connectivity index (χ0) is 28.5. The van der Waals surface area contributed by atoms with Crippen molar-refractivity contribution in [1.82, 2.24) is 14.9 Å².